The van der Waals surface area contributed by atoms with Gasteiger partial charge < -0.3 is 9.13 Å². The van der Waals surface area contributed by atoms with Gasteiger partial charge in [-0.2, -0.15) is 0 Å². The number of hydrogen-bond donors (Lipinski definition) is 0. The summed E-state index contributed by atoms with van der Waals surface area (Å²) in [7, 11) is 2.94. The lowest BCUT2D eigenvalue weighted by atomic mass is 10.2. The maximum Gasteiger partial charge on any atom is 0.332 e. The number of halogens is 1. The van der Waals surface area contributed by atoms with Crippen molar-refractivity contribution in [1.29, 1.82) is 0 Å². The number of fused-ring (bicyclic) bond motifs is 2. The molecule has 36 heavy (non-hydrogen) atoms. The number of thiazole rings is 1. The van der Waals surface area contributed by atoms with Gasteiger partial charge in [0.25, 0.3) is 5.56 Å². The van der Waals surface area contributed by atoms with Gasteiger partial charge in [0, 0.05) is 44.6 Å². The van der Waals surface area contributed by atoms with Gasteiger partial charge in [0.15, 0.2) is 16.3 Å². The van der Waals surface area contributed by atoms with Crippen LogP contribution in [0, 0.1) is 6.92 Å². The van der Waals surface area contributed by atoms with E-state index in [1.807, 2.05) is 29.8 Å². The number of rotatable bonds is 7. The molecule has 1 aromatic carbocycles. The average molecular weight is 527 g/mol. The van der Waals surface area contributed by atoms with Crippen molar-refractivity contribution in [1.82, 2.24) is 33.2 Å². The molecule has 5 rings (SSSR count). The van der Waals surface area contributed by atoms with Gasteiger partial charge in [0.1, 0.15) is 6.54 Å². The highest BCUT2D eigenvalue weighted by Crippen LogP contribution is 2.33. The molecule has 0 bridgehead atoms. The maximum atomic E-state index is 13.6. The fraction of sp³-hybridized carbons (Fsp3) is 0.304. The molecule has 0 fully saturated rings. The summed E-state index contributed by atoms with van der Waals surface area (Å²) in [4.78, 5) is 53.4. The second-order valence-corrected chi connectivity index (χ2v) is 9.96. The van der Waals surface area contributed by atoms with Crippen LogP contribution in [0.2, 0.25) is 5.02 Å². The number of carbonyl (C=O) groups excluding carboxylic acids is 1. The Morgan fingerprint density at radius 1 is 1.17 bits per heavy atom. The average Bonchev–Trinajstić information content (AvgIpc) is 3.59. The zero-order valence-electron chi connectivity index (χ0n) is 19.9. The number of hydrogen-bond acceptors (Lipinski definition) is 7. The SMILES string of the molecule is Cc1cc(Cl)cc2sc(N(CCCn3ccnc3)C(=O)Cn3cnc4c3c(=O)n(C)c(=O)n4C)nc12. The van der Waals surface area contributed by atoms with Gasteiger partial charge in [0.2, 0.25) is 5.91 Å². The zero-order chi connectivity index (χ0) is 25.6. The first-order chi connectivity index (χ1) is 17.2. The van der Waals surface area contributed by atoms with Crippen LogP contribution in [0.15, 0.2) is 46.8 Å². The molecule has 186 valence electrons. The minimum atomic E-state index is -0.504. The Hall–Kier alpha value is -3.77. The number of carbonyl (C=O) groups is 1. The number of aromatic nitrogens is 7. The van der Waals surface area contributed by atoms with E-state index in [2.05, 4.69) is 9.97 Å². The number of amides is 1. The van der Waals surface area contributed by atoms with Gasteiger partial charge in [0.05, 0.1) is 22.9 Å². The molecule has 11 nitrogen and oxygen atoms in total. The van der Waals surface area contributed by atoms with Gasteiger partial charge in [-0.3, -0.25) is 23.6 Å². The monoisotopic (exact) mass is 526 g/mol. The Bertz CT molecular complexity index is 1710. The van der Waals surface area contributed by atoms with Gasteiger partial charge in [-0.15, -0.1) is 0 Å². The number of anilines is 1. The first kappa shape index (κ1) is 23.9. The van der Waals surface area contributed by atoms with Crippen molar-refractivity contribution in [2.75, 3.05) is 11.4 Å². The lowest BCUT2D eigenvalue weighted by Crippen LogP contribution is -2.39. The predicted octanol–water partition coefficient (Wildman–Crippen LogP) is 2.33. The van der Waals surface area contributed by atoms with Crippen molar-refractivity contribution >= 4 is 55.4 Å². The summed E-state index contributed by atoms with van der Waals surface area (Å²) < 4.78 is 6.62. The molecule has 0 aliphatic heterocycles. The Balaban J connectivity index is 1.50. The maximum absolute atomic E-state index is 13.6. The predicted molar refractivity (Wildman–Crippen MR) is 139 cm³/mol. The summed E-state index contributed by atoms with van der Waals surface area (Å²) in [6.45, 7) is 2.88. The van der Waals surface area contributed by atoms with Crippen molar-refractivity contribution in [3.63, 3.8) is 0 Å². The fourth-order valence-corrected chi connectivity index (χ4v) is 5.63. The number of nitrogens with zero attached hydrogens (tertiary/aromatic N) is 8. The summed E-state index contributed by atoms with van der Waals surface area (Å²) in [5, 5.41) is 1.16. The lowest BCUT2D eigenvalue weighted by molar-refractivity contribution is -0.119. The Morgan fingerprint density at radius 3 is 2.72 bits per heavy atom. The van der Waals surface area contributed by atoms with E-state index < -0.39 is 11.2 Å². The quantitative estimate of drug-likeness (QED) is 0.321. The van der Waals surface area contributed by atoms with Crippen LogP contribution in [0.4, 0.5) is 5.13 Å². The lowest BCUT2D eigenvalue weighted by Gasteiger charge is -2.20. The molecular formula is C23H23ClN8O3S. The summed E-state index contributed by atoms with van der Waals surface area (Å²) >= 11 is 7.63. The smallest absolute Gasteiger partial charge is 0.332 e. The van der Waals surface area contributed by atoms with E-state index in [0.717, 1.165) is 20.3 Å². The van der Waals surface area contributed by atoms with Crippen LogP contribution in [0.5, 0.6) is 0 Å². The summed E-state index contributed by atoms with van der Waals surface area (Å²) in [6.07, 6.45) is 7.38. The highest BCUT2D eigenvalue weighted by atomic mass is 35.5. The van der Waals surface area contributed by atoms with Gasteiger partial charge in [-0.25, -0.2) is 19.7 Å². The largest absolute Gasteiger partial charge is 0.337 e. The molecule has 0 saturated carbocycles. The molecule has 5 aromatic rings. The molecule has 0 aliphatic rings. The Kier molecular flexibility index (Phi) is 6.22. The Morgan fingerprint density at radius 2 is 1.97 bits per heavy atom. The first-order valence-corrected chi connectivity index (χ1v) is 12.4. The molecule has 13 heteroatoms. The number of aryl methyl sites for hydroxylation is 3. The topological polar surface area (TPSA) is 113 Å². The molecule has 0 atom stereocenters. The van der Waals surface area contributed by atoms with Crippen LogP contribution < -0.4 is 16.1 Å². The van der Waals surface area contributed by atoms with Crippen LogP contribution in [-0.4, -0.2) is 45.7 Å². The van der Waals surface area contributed by atoms with E-state index in [0.29, 0.717) is 29.7 Å². The van der Waals surface area contributed by atoms with Crippen molar-refractivity contribution in [2.24, 2.45) is 14.1 Å². The van der Waals surface area contributed by atoms with Crippen LogP contribution >= 0.6 is 22.9 Å². The third-order valence-corrected chi connectivity index (χ3v) is 7.29. The van der Waals surface area contributed by atoms with E-state index in [-0.39, 0.29) is 23.6 Å². The third-order valence-electron chi connectivity index (χ3n) is 6.05. The summed E-state index contributed by atoms with van der Waals surface area (Å²) in [5.41, 5.74) is 1.16. The van der Waals surface area contributed by atoms with E-state index in [4.69, 9.17) is 16.6 Å². The fourth-order valence-electron chi connectivity index (χ4n) is 4.16. The van der Waals surface area contributed by atoms with Crippen LogP contribution in [0.1, 0.15) is 12.0 Å². The van der Waals surface area contributed by atoms with Gasteiger partial charge in [-0.05, 0) is 31.0 Å². The van der Waals surface area contributed by atoms with E-state index in [1.54, 1.807) is 24.5 Å². The minimum Gasteiger partial charge on any atom is -0.337 e. The Labute approximate surface area is 213 Å². The first-order valence-electron chi connectivity index (χ1n) is 11.2. The van der Waals surface area contributed by atoms with Crippen LogP contribution in [-0.2, 0) is 32.0 Å². The third kappa shape index (κ3) is 4.22. The standard InChI is InChI=1S/C23H23ClN8O3S/c1-14-9-15(24)10-16-18(14)27-22(36-16)32(7-4-6-30-8-5-25-12-30)17(33)11-31-13-26-20-19(31)21(34)29(3)23(35)28(20)2/h5,8-10,12-13H,4,6-7,11H2,1-3H3. The number of benzene rings is 1. The van der Waals surface area contributed by atoms with Crippen LogP contribution in [0.25, 0.3) is 21.4 Å². The van der Waals surface area contributed by atoms with Crippen molar-refractivity contribution in [3.8, 4) is 0 Å². The van der Waals surface area contributed by atoms with E-state index in [9.17, 15) is 14.4 Å². The molecule has 4 heterocycles. The molecule has 0 spiro atoms. The molecule has 0 saturated heterocycles. The van der Waals surface area contributed by atoms with Crippen molar-refractivity contribution in [2.45, 2.75) is 26.4 Å². The molecule has 0 N–H and O–H groups in total. The molecule has 0 unspecified atom stereocenters. The van der Waals surface area contributed by atoms with Gasteiger partial charge in [-0.1, -0.05) is 22.9 Å². The molecule has 0 radical (unpaired) electrons. The minimum absolute atomic E-state index is 0.134. The molecule has 0 aliphatic carbocycles. The number of imidazole rings is 2. The summed E-state index contributed by atoms with van der Waals surface area (Å²) in [5.74, 6) is -0.251. The second-order valence-electron chi connectivity index (χ2n) is 8.52. The van der Waals surface area contributed by atoms with Crippen LogP contribution in [0.3, 0.4) is 0 Å². The normalized spacial score (nSPS) is 11.6. The highest BCUT2D eigenvalue weighted by molar-refractivity contribution is 7.22. The molecule has 1 amide bonds. The van der Waals surface area contributed by atoms with E-state index in [1.165, 1.54) is 33.8 Å². The molecular weight excluding hydrogens is 504 g/mol. The zero-order valence-corrected chi connectivity index (χ0v) is 21.5. The van der Waals surface area contributed by atoms with Gasteiger partial charge >= 0.3 is 5.69 Å². The molecule has 4 aromatic heterocycles. The van der Waals surface area contributed by atoms with E-state index >= 15 is 0 Å². The van der Waals surface area contributed by atoms with Crippen molar-refractivity contribution < 1.29 is 4.79 Å². The summed E-state index contributed by atoms with van der Waals surface area (Å²) in [6, 6.07) is 3.68. The highest BCUT2D eigenvalue weighted by Gasteiger charge is 2.23. The second kappa shape index (κ2) is 9.36. The van der Waals surface area contributed by atoms with Crippen molar-refractivity contribution in [3.05, 3.63) is 68.6 Å².